The van der Waals surface area contributed by atoms with Gasteiger partial charge in [0.05, 0.1) is 5.92 Å². The standard InChI is InChI=1S/C17H26O3/c1-10(2)8-11(15(19)20)9-12-13-6-7-17(5,14(12)18)16(13,3)4/h9-11,13H,6-8H2,1-5H3,(H,19,20)/b12-9+/t11-,13+,17+/m0/s1. The van der Waals surface area contributed by atoms with Crippen LogP contribution >= 0.6 is 0 Å². The Kier molecular flexibility index (Phi) is 3.60. The van der Waals surface area contributed by atoms with Gasteiger partial charge in [-0.3, -0.25) is 9.59 Å². The van der Waals surface area contributed by atoms with Crippen molar-refractivity contribution in [3.63, 3.8) is 0 Å². The topological polar surface area (TPSA) is 54.4 Å². The van der Waals surface area contributed by atoms with E-state index in [-0.39, 0.29) is 22.5 Å². The smallest absolute Gasteiger partial charge is 0.310 e. The molecule has 0 amide bonds. The lowest BCUT2D eigenvalue weighted by atomic mass is 9.70. The summed E-state index contributed by atoms with van der Waals surface area (Å²) in [4.78, 5) is 24.1. The lowest BCUT2D eigenvalue weighted by Gasteiger charge is -2.31. The molecular formula is C17H26O3. The predicted molar refractivity (Wildman–Crippen MR) is 78.3 cm³/mol. The minimum atomic E-state index is -0.815. The van der Waals surface area contributed by atoms with Crippen molar-refractivity contribution >= 4 is 11.8 Å². The van der Waals surface area contributed by atoms with Crippen LogP contribution in [-0.2, 0) is 9.59 Å². The molecule has 0 aromatic carbocycles. The van der Waals surface area contributed by atoms with E-state index in [1.54, 1.807) is 6.08 Å². The zero-order valence-corrected chi connectivity index (χ0v) is 13.2. The van der Waals surface area contributed by atoms with Gasteiger partial charge in [0.25, 0.3) is 0 Å². The summed E-state index contributed by atoms with van der Waals surface area (Å²) >= 11 is 0. The fourth-order valence-electron chi connectivity index (χ4n) is 4.08. The number of carboxylic acids is 1. The Labute approximate surface area is 121 Å². The molecule has 0 unspecified atom stereocenters. The Morgan fingerprint density at radius 3 is 2.40 bits per heavy atom. The van der Waals surface area contributed by atoms with Crippen LogP contribution in [0.4, 0.5) is 0 Å². The molecule has 2 fully saturated rings. The van der Waals surface area contributed by atoms with Crippen LogP contribution in [0.2, 0.25) is 0 Å². The number of carbonyl (C=O) groups excluding carboxylic acids is 1. The second kappa shape index (κ2) is 4.71. The fourth-order valence-corrected chi connectivity index (χ4v) is 4.08. The van der Waals surface area contributed by atoms with Crippen molar-refractivity contribution in [3.8, 4) is 0 Å². The molecule has 2 bridgehead atoms. The van der Waals surface area contributed by atoms with Gasteiger partial charge in [0.15, 0.2) is 5.78 Å². The van der Waals surface area contributed by atoms with Crippen molar-refractivity contribution < 1.29 is 14.7 Å². The van der Waals surface area contributed by atoms with Crippen LogP contribution in [-0.4, -0.2) is 16.9 Å². The van der Waals surface area contributed by atoms with Gasteiger partial charge >= 0.3 is 5.97 Å². The average Bonchev–Trinajstić information content (AvgIpc) is 2.62. The molecule has 0 aromatic heterocycles. The molecule has 20 heavy (non-hydrogen) atoms. The third-order valence-corrected chi connectivity index (χ3v) is 5.79. The van der Waals surface area contributed by atoms with Crippen LogP contribution in [0.3, 0.4) is 0 Å². The number of hydrogen-bond acceptors (Lipinski definition) is 2. The van der Waals surface area contributed by atoms with Crippen molar-refractivity contribution in [2.24, 2.45) is 28.6 Å². The lowest BCUT2D eigenvalue weighted by molar-refractivity contribution is -0.140. The summed E-state index contributed by atoms with van der Waals surface area (Å²) in [7, 11) is 0. The van der Waals surface area contributed by atoms with E-state index in [9.17, 15) is 14.7 Å². The summed E-state index contributed by atoms with van der Waals surface area (Å²) < 4.78 is 0. The first kappa shape index (κ1) is 15.3. The van der Waals surface area contributed by atoms with Gasteiger partial charge in [0.1, 0.15) is 0 Å². The minimum Gasteiger partial charge on any atom is -0.481 e. The summed E-state index contributed by atoms with van der Waals surface area (Å²) in [5.41, 5.74) is 0.443. The molecule has 0 spiro atoms. The number of Topliss-reactive ketones (excluding diaryl/α,β-unsaturated/α-hetero) is 1. The summed E-state index contributed by atoms with van der Waals surface area (Å²) in [6.07, 6.45) is 4.30. The molecule has 3 atom stereocenters. The first-order valence-electron chi connectivity index (χ1n) is 7.60. The van der Waals surface area contributed by atoms with Gasteiger partial charge in [-0.25, -0.2) is 0 Å². The lowest BCUT2D eigenvalue weighted by Crippen LogP contribution is -2.32. The zero-order chi connectivity index (χ0) is 15.3. The number of hydrogen-bond donors (Lipinski definition) is 1. The highest BCUT2D eigenvalue weighted by molar-refractivity contribution is 6.05. The molecule has 112 valence electrons. The van der Waals surface area contributed by atoms with Crippen LogP contribution in [0.1, 0.15) is 53.9 Å². The SMILES string of the molecule is CC(C)C[C@@H](/C=C1/C(=O)[C@@]2(C)CC[C@H]1C2(C)C)C(=O)O. The maximum atomic E-state index is 12.7. The molecular weight excluding hydrogens is 252 g/mol. The largest absolute Gasteiger partial charge is 0.481 e. The van der Waals surface area contributed by atoms with Gasteiger partial charge in [-0.15, -0.1) is 0 Å². The van der Waals surface area contributed by atoms with Gasteiger partial charge in [0, 0.05) is 5.41 Å². The maximum absolute atomic E-state index is 12.7. The summed E-state index contributed by atoms with van der Waals surface area (Å²) in [6.45, 7) is 10.4. The van der Waals surface area contributed by atoms with E-state index in [1.807, 2.05) is 20.8 Å². The fraction of sp³-hybridized carbons (Fsp3) is 0.765. The van der Waals surface area contributed by atoms with Gasteiger partial charge in [-0.1, -0.05) is 40.7 Å². The second-order valence-electron chi connectivity index (χ2n) is 7.67. The van der Waals surface area contributed by atoms with Crippen LogP contribution in [0.5, 0.6) is 0 Å². The third-order valence-electron chi connectivity index (χ3n) is 5.79. The Hall–Kier alpha value is -1.12. The average molecular weight is 278 g/mol. The van der Waals surface area contributed by atoms with Crippen LogP contribution < -0.4 is 0 Å². The van der Waals surface area contributed by atoms with E-state index in [2.05, 4.69) is 13.8 Å². The maximum Gasteiger partial charge on any atom is 0.310 e. The highest BCUT2D eigenvalue weighted by Crippen LogP contribution is 2.65. The monoisotopic (exact) mass is 278 g/mol. The number of ketones is 1. The summed E-state index contributed by atoms with van der Waals surface area (Å²) in [5, 5.41) is 9.38. The Morgan fingerprint density at radius 1 is 1.40 bits per heavy atom. The van der Waals surface area contributed by atoms with Gasteiger partial charge in [-0.2, -0.15) is 0 Å². The molecule has 0 aliphatic heterocycles. The first-order valence-corrected chi connectivity index (χ1v) is 7.60. The molecule has 2 rings (SSSR count). The molecule has 1 N–H and O–H groups in total. The minimum absolute atomic E-state index is 0.0448. The van der Waals surface area contributed by atoms with Crippen molar-refractivity contribution in [1.29, 1.82) is 0 Å². The van der Waals surface area contributed by atoms with E-state index in [0.29, 0.717) is 12.3 Å². The van der Waals surface area contributed by atoms with E-state index < -0.39 is 11.9 Å². The molecule has 0 aromatic rings. The molecule has 0 heterocycles. The van der Waals surface area contributed by atoms with E-state index >= 15 is 0 Å². The summed E-state index contributed by atoms with van der Waals surface area (Å²) in [6, 6.07) is 0. The number of carbonyl (C=O) groups is 2. The Morgan fingerprint density at radius 2 is 2.00 bits per heavy atom. The van der Waals surface area contributed by atoms with Crippen molar-refractivity contribution in [2.45, 2.75) is 53.9 Å². The van der Waals surface area contributed by atoms with Crippen molar-refractivity contribution in [2.75, 3.05) is 0 Å². The van der Waals surface area contributed by atoms with E-state index in [0.717, 1.165) is 18.4 Å². The van der Waals surface area contributed by atoms with Crippen molar-refractivity contribution in [3.05, 3.63) is 11.6 Å². The van der Waals surface area contributed by atoms with Gasteiger partial charge in [-0.05, 0) is 42.1 Å². The van der Waals surface area contributed by atoms with Crippen LogP contribution in [0, 0.1) is 28.6 Å². The number of allylic oxidation sites excluding steroid dienone is 1. The number of carboxylic acid groups (broad SMARTS) is 1. The highest BCUT2D eigenvalue weighted by atomic mass is 16.4. The van der Waals surface area contributed by atoms with E-state index in [1.165, 1.54) is 0 Å². The Bertz CT molecular complexity index is 473. The summed E-state index contributed by atoms with van der Waals surface area (Å²) in [5.74, 6) is -0.620. The molecule has 0 saturated heterocycles. The van der Waals surface area contributed by atoms with Crippen LogP contribution in [0.25, 0.3) is 0 Å². The van der Waals surface area contributed by atoms with Crippen LogP contribution in [0.15, 0.2) is 11.6 Å². The van der Waals surface area contributed by atoms with E-state index in [4.69, 9.17) is 0 Å². The van der Waals surface area contributed by atoms with Gasteiger partial charge in [0.2, 0.25) is 0 Å². The van der Waals surface area contributed by atoms with Gasteiger partial charge < -0.3 is 5.11 Å². The third kappa shape index (κ3) is 2.02. The normalized spacial score (nSPS) is 35.0. The highest BCUT2D eigenvalue weighted by Gasteiger charge is 2.63. The number of rotatable bonds is 4. The molecule has 3 nitrogen and oxygen atoms in total. The second-order valence-corrected chi connectivity index (χ2v) is 7.67. The number of fused-ring (bicyclic) bond motifs is 2. The number of aliphatic carboxylic acids is 1. The predicted octanol–water partition coefficient (Wildman–Crippen LogP) is 3.68. The molecule has 3 heteroatoms. The quantitative estimate of drug-likeness (QED) is 0.798. The zero-order valence-electron chi connectivity index (χ0n) is 13.2. The van der Waals surface area contributed by atoms with Crippen molar-refractivity contribution in [1.82, 2.24) is 0 Å². The first-order chi connectivity index (χ1) is 9.11. The Balaban J connectivity index is 2.36. The molecule has 2 saturated carbocycles. The molecule has 2 aliphatic carbocycles. The molecule has 2 aliphatic rings. The molecule has 0 radical (unpaired) electrons.